The number of aromatic nitrogens is 2. The molecule has 0 fully saturated rings. The quantitative estimate of drug-likeness (QED) is 0.231. The number of nitrogens with zero attached hydrogens (tertiary/aromatic N) is 3. The summed E-state index contributed by atoms with van der Waals surface area (Å²) in [6.07, 6.45) is 4.29. The van der Waals surface area contributed by atoms with Gasteiger partial charge in [0.25, 0.3) is 0 Å². The molecule has 0 aliphatic carbocycles. The van der Waals surface area contributed by atoms with Gasteiger partial charge in [0.2, 0.25) is 0 Å². The Morgan fingerprint density at radius 1 is 0.788 bits per heavy atom. The van der Waals surface area contributed by atoms with E-state index < -0.39 is 0 Å². The van der Waals surface area contributed by atoms with E-state index >= 15 is 0 Å². The highest BCUT2D eigenvalue weighted by atomic mass is 35.5. The molecule has 4 aromatic rings. The minimum absolute atomic E-state index is 0.583. The molecular weight excluding hydrogens is 449 g/mol. The zero-order valence-electron chi connectivity index (χ0n) is 18.9. The van der Waals surface area contributed by atoms with Crippen molar-refractivity contribution < 1.29 is 0 Å². The van der Waals surface area contributed by atoms with Crippen LogP contribution in [-0.2, 0) is 26.2 Å². The molecule has 0 radical (unpaired) electrons. The highest BCUT2D eigenvalue weighted by molar-refractivity contribution is 6.42. The van der Waals surface area contributed by atoms with Gasteiger partial charge in [0.15, 0.2) is 0 Å². The summed E-state index contributed by atoms with van der Waals surface area (Å²) >= 11 is 12.5. The maximum absolute atomic E-state index is 6.31. The van der Waals surface area contributed by atoms with Gasteiger partial charge in [-0.05, 0) is 29.7 Å². The molecule has 0 atom stereocenters. The molecule has 0 saturated heterocycles. The lowest BCUT2D eigenvalue weighted by molar-refractivity contribution is 0.241. The molecule has 5 heteroatoms. The molecular formula is C28H29Cl2N3. The number of imidazole rings is 1. The Hall–Kier alpha value is -2.59. The zero-order valence-corrected chi connectivity index (χ0v) is 20.4. The Kier molecular flexibility index (Phi) is 8.22. The monoisotopic (exact) mass is 477 g/mol. The van der Waals surface area contributed by atoms with Gasteiger partial charge in [0.05, 0.1) is 21.9 Å². The summed E-state index contributed by atoms with van der Waals surface area (Å²) < 4.78 is 2.38. The largest absolute Gasteiger partial charge is 0.327 e. The molecule has 33 heavy (non-hydrogen) atoms. The molecule has 0 N–H and O–H groups in total. The molecule has 0 unspecified atom stereocenters. The lowest BCUT2D eigenvalue weighted by Gasteiger charge is -2.24. The maximum Gasteiger partial charge on any atom is 0.140 e. The number of hydrogen-bond acceptors (Lipinski definition) is 2. The Bertz CT molecular complexity index is 1160. The molecule has 3 aromatic carbocycles. The molecule has 0 spiro atoms. The van der Waals surface area contributed by atoms with Gasteiger partial charge >= 0.3 is 0 Å². The van der Waals surface area contributed by atoms with Crippen LogP contribution in [0.25, 0.3) is 11.4 Å². The minimum Gasteiger partial charge on any atom is -0.327 e. The van der Waals surface area contributed by atoms with Crippen molar-refractivity contribution in [3.8, 4) is 11.4 Å². The number of unbranched alkanes of at least 4 members (excludes halogenated alkanes) is 1. The van der Waals surface area contributed by atoms with E-state index in [4.69, 9.17) is 28.2 Å². The summed E-state index contributed by atoms with van der Waals surface area (Å²) in [7, 11) is 0. The normalized spacial score (nSPS) is 11.3. The van der Waals surface area contributed by atoms with Gasteiger partial charge in [-0.3, -0.25) is 4.90 Å². The van der Waals surface area contributed by atoms with E-state index in [1.54, 1.807) is 0 Å². The summed E-state index contributed by atoms with van der Waals surface area (Å²) in [6, 6.07) is 26.9. The van der Waals surface area contributed by atoms with Crippen molar-refractivity contribution in [2.24, 2.45) is 0 Å². The molecule has 0 saturated carbocycles. The summed E-state index contributed by atoms with van der Waals surface area (Å²) in [5.41, 5.74) is 4.79. The smallest absolute Gasteiger partial charge is 0.140 e. The average Bonchev–Trinajstić information content (AvgIpc) is 3.23. The summed E-state index contributed by atoms with van der Waals surface area (Å²) in [5.74, 6) is 1.04. The SMILES string of the molecule is CCCCn1c(CN(Cc2ccccc2)Cc2ccc(Cl)c(Cl)c2)cnc1-c1ccccc1. The van der Waals surface area contributed by atoms with Crippen LogP contribution < -0.4 is 0 Å². The molecule has 1 heterocycles. The third kappa shape index (κ3) is 6.26. The van der Waals surface area contributed by atoms with E-state index in [0.29, 0.717) is 10.0 Å². The molecule has 0 amide bonds. The summed E-state index contributed by atoms with van der Waals surface area (Å²) in [5, 5.41) is 1.17. The van der Waals surface area contributed by atoms with Crippen LogP contribution in [-0.4, -0.2) is 14.5 Å². The molecule has 4 rings (SSSR count). The van der Waals surface area contributed by atoms with Crippen LogP contribution in [0.5, 0.6) is 0 Å². The van der Waals surface area contributed by atoms with Gasteiger partial charge in [-0.2, -0.15) is 0 Å². The second-order valence-electron chi connectivity index (χ2n) is 8.32. The van der Waals surface area contributed by atoms with Crippen LogP contribution in [0.15, 0.2) is 85.1 Å². The number of rotatable bonds is 10. The lowest BCUT2D eigenvalue weighted by Crippen LogP contribution is -2.24. The fraction of sp³-hybridized carbons (Fsp3) is 0.250. The van der Waals surface area contributed by atoms with Crippen molar-refractivity contribution in [3.05, 3.63) is 112 Å². The van der Waals surface area contributed by atoms with E-state index in [2.05, 4.69) is 77.1 Å². The first kappa shape index (κ1) is 23.6. The average molecular weight is 478 g/mol. The fourth-order valence-corrected chi connectivity index (χ4v) is 4.38. The zero-order chi connectivity index (χ0) is 23.0. The molecule has 3 nitrogen and oxygen atoms in total. The van der Waals surface area contributed by atoms with Crippen molar-refractivity contribution in [3.63, 3.8) is 0 Å². The Labute approximate surface area is 206 Å². The summed E-state index contributed by atoms with van der Waals surface area (Å²) in [4.78, 5) is 7.26. The van der Waals surface area contributed by atoms with Crippen molar-refractivity contribution in [2.45, 2.75) is 45.9 Å². The van der Waals surface area contributed by atoms with Gasteiger partial charge in [-0.15, -0.1) is 0 Å². The number of benzene rings is 3. The predicted molar refractivity (Wildman–Crippen MR) is 138 cm³/mol. The van der Waals surface area contributed by atoms with Gasteiger partial charge in [-0.1, -0.05) is 103 Å². The molecule has 170 valence electrons. The third-order valence-electron chi connectivity index (χ3n) is 5.73. The molecule has 0 aliphatic heterocycles. The second-order valence-corrected chi connectivity index (χ2v) is 9.14. The Balaban J connectivity index is 1.64. The first-order valence-electron chi connectivity index (χ1n) is 11.4. The second kappa shape index (κ2) is 11.5. The highest BCUT2D eigenvalue weighted by Gasteiger charge is 2.16. The van der Waals surface area contributed by atoms with E-state index in [0.717, 1.165) is 56.0 Å². The van der Waals surface area contributed by atoms with E-state index in [9.17, 15) is 0 Å². The van der Waals surface area contributed by atoms with Gasteiger partial charge in [0, 0.05) is 31.7 Å². The van der Waals surface area contributed by atoms with Crippen molar-refractivity contribution in [1.29, 1.82) is 0 Å². The van der Waals surface area contributed by atoms with Crippen molar-refractivity contribution in [1.82, 2.24) is 14.5 Å². The first-order chi connectivity index (χ1) is 16.1. The number of halogens is 2. The first-order valence-corrected chi connectivity index (χ1v) is 12.2. The van der Waals surface area contributed by atoms with Crippen molar-refractivity contribution >= 4 is 23.2 Å². The highest BCUT2D eigenvalue weighted by Crippen LogP contribution is 2.25. The third-order valence-corrected chi connectivity index (χ3v) is 6.47. The lowest BCUT2D eigenvalue weighted by atomic mass is 10.1. The van der Waals surface area contributed by atoms with Crippen molar-refractivity contribution in [2.75, 3.05) is 0 Å². The Morgan fingerprint density at radius 3 is 2.18 bits per heavy atom. The van der Waals surface area contributed by atoms with E-state index in [1.807, 2.05) is 24.4 Å². The minimum atomic E-state index is 0.583. The van der Waals surface area contributed by atoms with E-state index in [-0.39, 0.29) is 0 Å². The standard InChI is InChI=1S/C28H29Cl2N3/c1-2-3-16-33-25(18-31-28(33)24-12-8-5-9-13-24)21-32(19-22-10-6-4-7-11-22)20-23-14-15-26(29)27(30)17-23/h4-15,17-18H,2-3,16,19-21H2,1H3. The van der Waals surface area contributed by atoms with Gasteiger partial charge in [0.1, 0.15) is 5.82 Å². The molecule has 1 aromatic heterocycles. The van der Waals surface area contributed by atoms with Crippen LogP contribution in [0.1, 0.15) is 36.6 Å². The van der Waals surface area contributed by atoms with E-state index in [1.165, 1.54) is 11.3 Å². The Morgan fingerprint density at radius 2 is 1.48 bits per heavy atom. The summed E-state index contributed by atoms with van der Waals surface area (Å²) in [6.45, 7) is 5.58. The topological polar surface area (TPSA) is 21.1 Å². The van der Waals surface area contributed by atoms with Crippen LogP contribution in [0.4, 0.5) is 0 Å². The molecule has 0 aliphatic rings. The van der Waals surface area contributed by atoms with Gasteiger partial charge < -0.3 is 4.57 Å². The van der Waals surface area contributed by atoms with Crippen LogP contribution in [0.2, 0.25) is 10.0 Å². The van der Waals surface area contributed by atoms with Crippen LogP contribution >= 0.6 is 23.2 Å². The number of hydrogen-bond donors (Lipinski definition) is 0. The fourth-order valence-electron chi connectivity index (χ4n) is 4.06. The van der Waals surface area contributed by atoms with Crippen LogP contribution in [0, 0.1) is 0 Å². The molecule has 0 bridgehead atoms. The van der Waals surface area contributed by atoms with Crippen LogP contribution in [0.3, 0.4) is 0 Å². The van der Waals surface area contributed by atoms with Gasteiger partial charge in [-0.25, -0.2) is 4.98 Å². The maximum atomic E-state index is 6.31. The predicted octanol–water partition coefficient (Wildman–Crippen LogP) is 7.86.